The molecule has 2 rings (SSSR count). The van der Waals surface area contributed by atoms with Gasteiger partial charge in [-0.2, -0.15) is 25.3 Å². The van der Waals surface area contributed by atoms with Gasteiger partial charge in [0.1, 0.15) is 48.8 Å². The highest BCUT2D eigenvalue weighted by Gasteiger charge is 2.52. The summed E-state index contributed by atoms with van der Waals surface area (Å²) in [6.45, 7) is -2.39. The maximum atomic E-state index is 11.1. The molecule has 0 spiro atoms. The predicted octanol–water partition coefficient (Wildman–Crippen LogP) is -5.92. The lowest BCUT2D eigenvalue weighted by atomic mass is 9.97. The molecule has 208 valence electrons. The Morgan fingerprint density at radius 2 is 1.11 bits per heavy atom. The third-order valence-corrected chi connectivity index (χ3v) is 5.92. The zero-order valence-corrected chi connectivity index (χ0v) is 19.3. The van der Waals surface area contributed by atoms with Crippen LogP contribution in [0.25, 0.3) is 0 Å². The van der Waals surface area contributed by atoms with Crippen molar-refractivity contribution in [1.82, 2.24) is 0 Å². The maximum Gasteiger partial charge on any atom is 0.397 e. The van der Waals surface area contributed by atoms with Gasteiger partial charge in [0.25, 0.3) is 0 Å². The monoisotopic (exact) mass is 582 g/mol. The fraction of sp³-hybridized carbons (Fsp3) is 1.00. The molecule has 20 nitrogen and oxygen atoms in total. The maximum absolute atomic E-state index is 11.1. The van der Waals surface area contributed by atoms with Gasteiger partial charge in [0.15, 0.2) is 12.6 Å². The largest absolute Gasteiger partial charge is 0.397 e. The molecule has 23 heteroatoms. The normalized spacial score (nSPS) is 39.4. The Labute approximate surface area is 197 Å². The van der Waals surface area contributed by atoms with E-state index in [0.717, 1.165) is 0 Å². The van der Waals surface area contributed by atoms with Crippen molar-refractivity contribution in [2.75, 3.05) is 13.2 Å². The van der Waals surface area contributed by atoms with E-state index in [1.54, 1.807) is 0 Å². The first-order valence-electron chi connectivity index (χ1n) is 9.05. The summed E-state index contributed by atoms with van der Waals surface area (Å²) in [6, 6.07) is 0. The average molecular weight is 582 g/mol. The van der Waals surface area contributed by atoms with E-state index in [0.29, 0.717) is 0 Å². The van der Waals surface area contributed by atoms with Crippen molar-refractivity contribution in [3.63, 3.8) is 0 Å². The lowest BCUT2D eigenvalue weighted by Crippen LogP contribution is -2.65. The van der Waals surface area contributed by atoms with Crippen LogP contribution in [0.3, 0.4) is 0 Å². The average Bonchev–Trinajstić information content (AvgIpc) is 2.69. The van der Waals surface area contributed by atoms with Crippen LogP contribution >= 0.6 is 0 Å². The minimum Gasteiger partial charge on any atom is -0.387 e. The Morgan fingerprint density at radius 1 is 0.600 bits per heavy atom. The second-order valence-electron chi connectivity index (χ2n) is 7.08. The van der Waals surface area contributed by atoms with Crippen LogP contribution in [0.5, 0.6) is 0 Å². The predicted molar refractivity (Wildman–Crippen MR) is 99.9 cm³/mol. The van der Waals surface area contributed by atoms with E-state index in [9.17, 15) is 50.8 Å². The molecule has 0 amide bonds. The molecular weight excluding hydrogens is 560 g/mol. The summed E-state index contributed by atoms with van der Waals surface area (Å²) in [4.78, 5) is 0. The molecule has 0 saturated carbocycles. The number of aliphatic hydroxyl groups excluding tert-OH is 5. The highest BCUT2D eigenvalue weighted by atomic mass is 32.3. The van der Waals surface area contributed by atoms with E-state index in [2.05, 4.69) is 12.5 Å². The first-order chi connectivity index (χ1) is 15.8. The third kappa shape index (κ3) is 8.97. The van der Waals surface area contributed by atoms with Crippen molar-refractivity contribution in [3.8, 4) is 0 Å². The molecule has 0 aromatic carbocycles. The summed E-state index contributed by atoms with van der Waals surface area (Å²) in [7, 11) is -15.6. The molecule has 2 aliphatic rings. The zero-order chi connectivity index (χ0) is 26.9. The lowest BCUT2D eigenvalue weighted by molar-refractivity contribution is -0.352. The minimum atomic E-state index is -5.38. The lowest BCUT2D eigenvalue weighted by Gasteiger charge is -2.45. The summed E-state index contributed by atoms with van der Waals surface area (Å²) in [5.74, 6) is 0. The van der Waals surface area contributed by atoms with Crippen molar-refractivity contribution < 1.29 is 91.2 Å². The standard InChI is InChI=1S/C12H22O20S3/c13-5-3(1-27-33(18,19)20)30-12(8(16)10(5)32-35(24,25)26)31-9-4(2-28-34(21,22)23)29-11(17)7(15)6(9)14/h3-17H,1-2H2,(H,18,19,20)(H,21,22,23)(H,24,25,26)/t3-,4-,5+,6-,7-,8-,9-,10+,11-,12+/m1/s1. The molecule has 0 aromatic heterocycles. The van der Waals surface area contributed by atoms with Gasteiger partial charge >= 0.3 is 31.2 Å². The molecule has 10 atom stereocenters. The van der Waals surface area contributed by atoms with Gasteiger partial charge in [-0.15, -0.1) is 0 Å². The zero-order valence-electron chi connectivity index (χ0n) is 16.9. The highest BCUT2D eigenvalue weighted by molar-refractivity contribution is 7.81. The molecule has 8 N–H and O–H groups in total. The number of hydrogen-bond donors (Lipinski definition) is 8. The Kier molecular flexibility index (Phi) is 9.90. The van der Waals surface area contributed by atoms with E-state index >= 15 is 0 Å². The Morgan fingerprint density at radius 3 is 1.60 bits per heavy atom. The first kappa shape index (κ1) is 30.5. The first-order valence-corrected chi connectivity index (χ1v) is 13.1. The van der Waals surface area contributed by atoms with E-state index in [1.165, 1.54) is 0 Å². The molecule has 2 fully saturated rings. The quantitative estimate of drug-likeness (QED) is 0.111. The van der Waals surface area contributed by atoms with Gasteiger partial charge in [-0.3, -0.25) is 13.7 Å². The van der Waals surface area contributed by atoms with Crippen LogP contribution in [0, 0.1) is 0 Å². The summed E-state index contributed by atoms with van der Waals surface area (Å²) in [6.07, 6.45) is -21.4. The highest BCUT2D eigenvalue weighted by Crippen LogP contribution is 2.30. The fourth-order valence-corrected chi connectivity index (χ4v) is 4.21. The molecular formula is C12H22O20S3. The minimum absolute atomic E-state index is 1.16. The van der Waals surface area contributed by atoms with E-state index in [4.69, 9.17) is 27.9 Å². The van der Waals surface area contributed by atoms with Gasteiger partial charge in [0.2, 0.25) is 0 Å². The Hall–Kier alpha value is -0.710. The summed E-state index contributed by atoms with van der Waals surface area (Å²) < 4.78 is 119. The molecule has 0 unspecified atom stereocenters. The SMILES string of the molecule is O=S(=O)(O)OC[C@H]1O[C@@H](O[C@H]2[C@H](O)[C@@H](O)[C@H](O)O[C@@H]2COS(=O)(=O)O)[C@H](O)[C@@H](OS(=O)(=O)O)[C@H]1O. The summed E-state index contributed by atoms with van der Waals surface area (Å²) in [5, 5.41) is 50.2. The van der Waals surface area contributed by atoms with Gasteiger partial charge in [-0.25, -0.2) is 12.5 Å². The topological polar surface area (TPSA) is 320 Å². The summed E-state index contributed by atoms with van der Waals surface area (Å²) >= 11 is 0. The van der Waals surface area contributed by atoms with Crippen LogP contribution < -0.4 is 0 Å². The molecule has 2 aliphatic heterocycles. The second-order valence-corrected chi connectivity index (χ2v) is 10.3. The number of ether oxygens (including phenoxy) is 3. The third-order valence-electron chi connectivity index (χ3n) is 4.59. The summed E-state index contributed by atoms with van der Waals surface area (Å²) in [5.41, 5.74) is 0. The van der Waals surface area contributed by atoms with Crippen molar-refractivity contribution >= 4 is 31.2 Å². The van der Waals surface area contributed by atoms with Gasteiger partial charge < -0.3 is 39.7 Å². The van der Waals surface area contributed by atoms with Crippen LogP contribution in [-0.4, -0.2) is 139 Å². The van der Waals surface area contributed by atoms with Crippen molar-refractivity contribution in [2.45, 2.75) is 61.4 Å². The Balaban J connectivity index is 2.33. The van der Waals surface area contributed by atoms with Gasteiger partial charge in [-0.05, 0) is 0 Å². The molecule has 0 bridgehead atoms. The molecule has 35 heavy (non-hydrogen) atoms. The van der Waals surface area contributed by atoms with Crippen LogP contribution in [0.15, 0.2) is 0 Å². The molecule has 2 heterocycles. The van der Waals surface area contributed by atoms with E-state index in [1.807, 2.05) is 0 Å². The molecule has 0 aromatic rings. The van der Waals surface area contributed by atoms with Crippen molar-refractivity contribution in [1.29, 1.82) is 0 Å². The molecule has 0 radical (unpaired) electrons. The van der Waals surface area contributed by atoms with Crippen LogP contribution in [0.1, 0.15) is 0 Å². The number of aliphatic hydroxyl groups is 5. The van der Waals surface area contributed by atoms with Crippen LogP contribution in [0.2, 0.25) is 0 Å². The number of hydrogen-bond acceptors (Lipinski definition) is 17. The van der Waals surface area contributed by atoms with E-state index < -0.39 is 106 Å². The fourth-order valence-electron chi connectivity index (χ4n) is 3.09. The van der Waals surface area contributed by atoms with Gasteiger partial charge in [0.05, 0.1) is 13.2 Å². The number of rotatable bonds is 10. The van der Waals surface area contributed by atoms with Crippen molar-refractivity contribution in [3.05, 3.63) is 0 Å². The van der Waals surface area contributed by atoms with Gasteiger partial charge in [0, 0.05) is 0 Å². The smallest absolute Gasteiger partial charge is 0.387 e. The van der Waals surface area contributed by atoms with Crippen LogP contribution in [0.4, 0.5) is 0 Å². The second kappa shape index (κ2) is 11.4. The Bertz CT molecular complexity index is 1030. The van der Waals surface area contributed by atoms with Gasteiger partial charge in [-0.1, -0.05) is 0 Å². The van der Waals surface area contributed by atoms with E-state index in [-0.39, 0.29) is 0 Å². The van der Waals surface area contributed by atoms with Crippen molar-refractivity contribution in [2.24, 2.45) is 0 Å². The van der Waals surface area contributed by atoms with Crippen LogP contribution in [-0.2, 0) is 58.0 Å². The molecule has 0 aliphatic carbocycles. The molecule has 2 saturated heterocycles.